The van der Waals surface area contributed by atoms with E-state index in [1.54, 1.807) is 4.40 Å². The van der Waals surface area contributed by atoms with Gasteiger partial charge in [0.2, 0.25) is 0 Å². The Morgan fingerprint density at radius 3 is 2.81 bits per heavy atom. The summed E-state index contributed by atoms with van der Waals surface area (Å²) in [4.78, 5) is 27.8. The van der Waals surface area contributed by atoms with E-state index in [1.807, 2.05) is 26.1 Å². The van der Waals surface area contributed by atoms with E-state index < -0.39 is 10.8 Å². The molecule has 1 amide bonds. The van der Waals surface area contributed by atoms with Crippen molar-refractivity contribution in [3.8, 4) is 0 Å². The molecule has 26 heavy (non-hydrogen) atoms. The molecule has 0 aliphatic heterocycles. The van der Waals surface area contributed by atoms with Gasteiger partial charge in [0.05, 0.1) is 15.1 Å². The van der Waals surface area contributed by atoms with Crippen LogP contribution in [0.2, 0.25) is 5.02 Å². The maximum absolute atomic E-state index is 12.9. The molecule has 0 atom stereocenters. The van der Waals surface area contributed by atoms with Gasteiger partial charge in [-0.05, 0) is 53.0 Å². The minimum absolute atomic E-state index is 0.0107. The summed E-state index contributed by atoms with van der Waals surface area (Å²) in [6.07, 6.45) is 2.39. The Hall–Kier alpha value is -2.45. The molecular formula is C17H14BrClN4O3. The topological polar surface area (TPSA) is 89.5 Å². The number of carbonyl (C=O) groups excluding carboxylic acids is 1. The number of nitrogens with one attached hydrogen (secondary N) is 1. The quantitative estimate of drug-likeness (QED) is 0.470. The molecule has 0 aliphatic carbocycles. The lowest BCUT2D eigenvalue weighted by Gasteiger charge is -2.08. The van der Waals surface area contributed by atoms with Crippen LogP contribution in [0.4, 0.5) is 11.4 Å². The van der Waals surface area contributed by atoms with E-state index in [-0.39, 0.29) is 16.4 Å². The standard InChI is InChI=1S/C17H14BrClN4O3/c1-3-13-15(22-8-9(2)6-11(18)16(22)21-13)17(24)20-10-4-5-12(19)14(7-10)23(25)26/h4-8H,3H2,1-2H3,(H,20,24). The van der Waals surface area contributed by atoms with Gasteiger partial charge in [-0.3, -0.25) is 19.3 Å². The first-order valence-corrected chi connectivity index (χ1v) is 8.91. The van der Waals surface area contributed by atoms with Crippen LogP contribution >= 0.6 is 27.5 Å². The van der Waals surface area contributed by atoms with Crippen molar-refractivity contribution in [3.63, 3.8) is 0 Å². The molecule has 2 heterocycles. The number of carbonyl (C=O) groups is 1. The molecule has 0 spiro atoms. The second kappa shape index (κ2) is 7.05. The van der Waals surface area contributed by atoms with Crippen molar-refractivity contribution in [2.75, 3.05) is 5.32 Å². The van der Waals surface area contributed by atoms with Crippen molar-refractivity contribution in [1.82, 2.24) is 9.38 Å². The van der Waals surface area contributed by atoms with Crippen molar-refractivity contribution < 1.29 is 9.72 Å². The molecule has 1 aromatic carbocycles. The van der Waals surface area contributed by atoms with Gasteiger partial charge in [-0.15, -0.1) is 0 Å². The molecule has 1 N–H and O–H groups in total. The zero-order chi connectivity index (χ0) is 19.0. The fraction of sp³-hybridized carbons (Fsp3) is 0.176. The van der Waals surface area contributed by atoms with Crippen LogP contribution in [-0.2, 0) is 6.42 Å². The summed E-state index contributed by atoms with van der Waals surface area (Å²) in [5.41, 5.74) is 2.65. The van der Waals surface area contributed by atoms with Gasteiger partial charge in [-0.1, -0.05) is 18.5 Å². The van der Waals surface area contributed by atoms with Crippen molar-refractivity contribution in [3.05, 3.63) is 67.0 Å². The van der Waals surface area contributed by atoms with Gasteiger partial charge in [0.25, 0.3) is 11.6 Å². The maximum Gasteiger partial charge on any atom is 0.289 e. The Morgan fingerprint density at radius 2 is 2.15 bits per heavy atom. The number of rotatable bonds is 4. The van der Waals surface area contributed by atoms with E-state index in [4.69, 9.17) is 11.6 Å². The highest BCUT2D eigenvalue weighted by molar-refractivity contribution is 9.10. The third-order valence-electron chi connectivity index (χ3n) is 3.83. The molecule has 134 valence electrons. The number of halogens is 2. The lowest BCUT2D eigenvalue weighted by atomic mass is 10.2. The first-order chi connectivity index (χ1) is 12.3. The fourth-order valence-electron chi connectivity index (χ4n) is 2.69. The number of amides is 1. The van der Waals surface area contributed by atoms with Crippen molar-refractivity contribution in [1.29, 1.82) is 0 Å². The number of aromatic nitrogens is 2. The molecule has 9 heteroatoms. The van der Waals surface area contributed by atoms with Crippen molar-refractivity contribution in [2.45, 2.75) is 20.3 Å². The van der Waals surface area contributed by atoms with E-state index in [1.165, 1.54) is 18.2 Å². The number of pyridine rings is 1. The van der Waals surface area contributed by atoms with Gasteiger partial charge in [0, 0.05) is 18.0 Å². The molecule has 0 unspecified atom stereocenters. The number of hydrogen-bond donors (Lipinski definition) is 1. The molecule has 2 aromatic heterocycles. The number of hydrogen-bond acceptors (Lipinski definition) is 4. The average molecular weight is 438 g/mol. The molecule has 0 fully saturated rings. The van der Waals surface area contributed by atoms with Crippen LogP contribution in [0.15, 0.2) is 34.9 Å². The van der Waals surface area contributed by atoms with Gasteiger partial charge in [-0.25, -0.2) is 4.98 Å². The van der Waals surface area contributed by atoms with E-state index in [0.717, 1.165) is 10.0 Å². The van der Waals surface area contributed by atoms with Gasteiger partial charge in [0.1, 0.15) is 10.7 Å². The lowest BCUT2D eigenvalue weighted by molar-refractivity contribution is -0.384. The summed E-state index contributed by atoms with van der Waals surface area (Å²) in [6.45, 7) is 3.83. The zero-order valence-electron chi connectivity index (χ0n) is 13.9. The number of imidazole rings is 1. The molecule has 3 rings (SSSR count). The normalized spacial score (nSPS) is 10.9. The number of benzene rings is 1. The first-order valence-electron chi connectivity index (χ1n) is 7.74. The predicted octanol–water partition coefficient (Wildman–Crippen LogP) is 4.78. The number of nitrogens with zero attached hydrogens (tertiary/aromatic N) is 3. The molecular weight excluding hydrogens is 424 g/mol. The Labute approximate surface area is 162 Å². The predicted molar refractivity (Wildman–Crippen MR) is 103 cm³/mol. The number of aryl methyl sites for hydroxylation is 2. The fourth-order valence-corrected chi connectivity index (χ4v) is 3.51. The lowest BCUT2D eigenvalue weighted by Crippen LogP contribution is -2.16. The van der Waals surface area contributed by atoms with E-state index in [0.29, 0.717) is 23.5 Å². The third-order valence-corrected chi connectivity index (χ3v) is 4.74. The highest BCUT2D eigenvalue weighted by atomic mass is 79.9. The summed E-state index contributed by atoms with van der Waals surface area (Å²) in [6, 6.07) is 6.05. The molecule has 0 saturated heterocycles. The maximum atomic E-state index is 12.9. The second-order valence-corrected chi connectivity index (χ2v) is 6.96. The summed E-state index contributed by atoms with van der Waals surface area (Å²) >= 11 is 9.28. The Balaban J connectivity index is 2.06. The van der Waals surface area contributed by atoms with E-state index in [2.05, 4.69) is 26.2 Å². The SMILES string of the molecule is CCc1nc2c(Br)cc(C)cn2c1C(=O)Nc1ccc(Cl)c([N+](=O)[O-])c1. The van der Waals surface area contributed by atoms with Crippen LogP contribution in [0.1, 0.15) is 28.7 Å². The largest absolute Gasteiger partial charge is 0.320 e. The monoisotopic (exact) mass is 436 g/mol. The molecule has 0 bridgehead atoms. The van der Waals surface area contributed by atoms with Crippen LogP contribution in [0.25, 0.3) is 5.65 Å². The van der Waals surface area contributed by atoms with Crippen LogP contribution < -0.4 is 5.32 Å². The number of nitro groups is 1. The molecule has 0 radical (unpaired) electrons. The van der Waals surface area contributed by atoms with Gasteiger partial charge >= 0.3 is 0 Å². The second-order valence-electron chi connectivity index (χ2n) is 5.70. The van der Waals surface area contributed by atoms with E-state index >= 15 is 0 Å². The highest BCUT2D eigenvalue weighted by Crippen LogP contribution is 2.28. The zero-order valence-corrected chi connectivity index (χ0v) is 16.3. The van der Waals surface area contributed by atoms with Gasteiger partial charge < -0.3 is 5.32 Å². The Bertz CT molecular complexity index is 1050. The minimum atomic E-state index is -0.593. The summed E-state index contributed by atoms with van der Waals surface area (Å²) in [5.74, 6) is -0.400. The van der Waals surface area contributed by atoms with Gasteiger partial charge in [-0.2, -0.15) is 0 Å². The molecule has 7 nitrogen and oxygen atoms in total. The summed E-state index contributed by atoms with van der Waals surface area (Å²) < 4.78 is 2.51. The van der Waals surface area contributed by atoms with Gasteiger partial charge in [0.15, 0.2) is 5.65 Å². The average Bonchev–Trinajstić information content (AvgIpc) is 2.95. The smallest absolute Gasteiger partial charge is 0.289 e. The van der Waals surface area contributed by atoms with Crippen LogP contribution in [0, 0.1) is 17.0 Å². The highest BCUT2D eigenvalue weighted by Gasteiger charge is 2.21. The molecule has 0 aliphatic rings. The minimum Gasteiger partial charge on any atom is -0.320 e. The summed E-state index contributed by atoms with van der Waals surface area (Å²) in [7, 11) is 0. The van der Waals surface area contributed by atoms with Crippen LogP contribution in [0.3, 0.4) is 0 Å². The van der Waals surface area contributed by atoms with Crippen LogP contribution in [-0.4, -0.2) is 20.2 Å². The summed E-state index contributed by atoms with van der Waals surface area (Å²) in [5, 5.41) is 13.7. The Morgan fingerprint density at radius 1 is 1.42 bits per heavy atom. The molecule has 0 saturated carbocycles. The first kappa shape index (κ1) is 18.3. The number of nitro benzene ring substituents is 1. The van der Waals surface area contributed by atoms with Crippen molar-refractivity contribution >= 4 is 50.5 Å². The van der Waals surface area contributed by atoms with Crippen LogP contribution in [0.5, 0.6) is 0 Å². The number of anilines is 1. The van der Waals surface area contributed by atoms with E-state index in [9.17, 15) is 14.9 Å². The third kappa shape index (κ3) is 3.30. The van der Waals surface area contributed by atoms with Crippen molar-refractivity contribution in [2.24, 2.45) is 0 Å². The number of fused-ring (bicyclic) bond motifs is 1. The Kier molecular flexibility index (Phi) is 4.97. The molecule has 3 aromatic rings.